The molecular weight excluding hydrogens is 246 g/mol. The Morgan fingerprint density at radius 2 is 1.80 bits per heavy atom. The Bertz CT molecular complexity index is 428. The number of carbonyl (C=O) groups excluding carboxylic acids is 1. The van der Waals surface area contributed by atoms with Crippen molar-refractivity contribution in [3.05, 3.63) is 34.4 Å². The van der Waals surface area contributed by atoms with Gasteiger partial charge < -0.3 is 5.32 Å². The zero-order valence-electron chi connectivity index (χ0n) is 13.7. The van der Waals surface area contributed by atoms with Crippen molar-refractivity contribution >= 4 is 5.91 Å². The Balaban J connectivity index is 2.43. The van der Waals surface area contributed by atoms with Gasteiger partial charge in [-0.3, -0.25) is 4.79 Å². The molecule has 0 heterocycles. The van der Waals surface area contributed by atoms with Crippen LogP contribution in [0.25, 0.3) is 0 Å². The summed E-state index contributed by atoms with van der Waals surface area (Å²) in [6, 6.07) is 4.43. The number of benzene rings is 1. The predicted octanol–water partition coefficient (Wildman–Crippen LogP) is 4.10. The second-order valence-electron chi connectivity index (χ2n) is 6.08. The zero-order chi connectivity index (χ0) is 15.1. The molecule has 0 aliphatic carbocycles. The summed E-state index contributed by atoms with van der Waals surface area (Å²) in [7, 11) is 0. The van der Waals surface area contributed by atoms with Gasteiger partial charge in [-0.25, -0.2) is 0 Å². The van der Waals surface area contributed by atoms with Gasteiger partial charge in [-0.05, 0) is 49.8 Å². The summed E-state index contributed by atoms with van der Waals surface area (Å²) in [5, 5.41) is 3.05. The highest BCUT2D eigenvalue weighted by Crippen LogP contribution is 2.16. The summed E-state index contributed by atoms with van der Waals surface area (Å²) in [6.45, 7) is 11.5. The lowest BCUT2D eigenvalue weighted by molar-refractivity contribution is -0.121. The normalized spacial score (nSPS) is 12.2. The number of hydrogen-bond donors (Lipinski definition) is 1. The summed E-state index contributed by atoms with van der Waals surface area (Å²) in [5.74, 6) is 0.677. The van der Waals surface area contributed by atoms with Crippen molar-refractivity contribution in [3.8, 4) is 0 Å². The van der Waals surface area contributed by atoms with E-state index in [1.54, 1.807) is 0 Å². The van der Waals surface area contributed by atoms with Crippen LogP contribution in [0, 0.1) is 26.7 Å². The van der Waals surface area contributed by atoms with Gasteiger partial charge in [-0.15, -0.1) is 0 Å². The molecule has 1 unspecified atom stereocenters. The first-order valence-corrected chi connectivity index (χ1v) is 7.77. The summed E-state index contributed by atoms with van der Waals surface area (Å²) < 4.78 is 0. The molecule has 1 N–H and O–H groups in total. The summed E-state index contributed by atoms with van der Waals surface area (Å²) in [4.78, 5) is 11.8. The number of hydrogen-bond acceptors (Lipinski definition) is 1. The molecule has 112 valence electrons. The van der Waals surface area contributed by atoms with E-state index in [1.165, 1.54) is 22.3 Å². The van der Waals surface area contributed by atoms with Gasteiger partial charge in [-0.2, -0.15) is 0 Å². The van der Waals surface area contributed by atoms with Crippen LogP contribution in [0.4, 0.5) is 0 Å². The second-order valence-corrected chi connectivity index (χ2v) is 6.08. The Morgan fingerprint density at radius 1 is 1.20 bits per heavy atom. The van der Waals surface area contributed by atoms with Gasteiger partial charge in [-0.1, -0.05) is 44.4 Å². The molecule has 1 aromatic carbocycles. The Kier molecular flexibility index (Phi) is 6.77. The fourth-order valence-corrected chi connectivity index (χ4v) is 2.91. The van der Waals surface area contributed by atoms with E-state index in [9.17, 15) is 4.79 Å². The Labute approximate surface area is 124 Å². The van der Waals surface area contributed by atoms with E-state index in [0.717, 1.165) is 25.8 Å². The topological polar surface area (TPSA) is 29.1 Å². The molecule has 2 heteroatoms. The average molecular weight is 275 g/mol. The number of nitrogens with one attached hydrogen (secondary N) is 1. The molecular formula is C18H29NO. The minimum Gasteiger partial charge on any atom is -0.356 e. The molecule has 0 saturated carbocycles. The fourth-order valence-electron chi connectivity index (χ4n) is 2.91. The Morgan fingerprint density at radius 3 is 2.35 bits per heavy atom. The molecule has 0 radical (unpaired) electrons. The molecule has 1 amide bonds. The molecule has 0 spiro atoms. The molecule has 0 aliphatic rings. The standard InChI is InChI=1S/C18H29NO/c1-6-7-13(2)12-18(20)19-9-8-17-15(4)10-14(3)11-16(17)5/h10-11,13H,6-9,12H2,1-5H3,(H,19,20). The maximum atomic E-state index is 11.8. The molecule has 0 bridgehead atoms. The molecule has 0 saturated heterocycles. The molecule has 1 aromatic rings. The second kappa shape index (κ2) is 8.08. The highest BCUT2D eigenvalue weighted by Gasteiger charge is 2.09. The lowest BCUT2D eigenvalue weighted by Gasteiger charge is -2.13. The molecule has 2 nitrogen and oxygen atoms in total. The van der Waals surface area contributed by atoms with E-state index in [1.807, 2.05) is 0 Å². The Hall–Kier alpha value is -1.31. The summed E-state index contributed by atoms with van der Waals surface area (Å²) >= 11 is 0. The van der Waals surface area contributed by atoms with Crippen LogP contribution in [0.5, 0.6) is 0 Å². The first-order valence-electron chi connectivity index (χ1n) is 7.77. The maximum Gasteiger partial charge on any atom is 0.220 e. The van der Waals surface area contributed by atoms with Crippen molar-refractivity contribution < 1.29 is 4.79 Å². The van der Waals surface area contributed by atoms with Crippen molar-refractivity contribution in [3.63, 3.8) is 0 Å². The van der Waals surface area contributed by atoms with Crippen molar-refractivity contribution in [1.29, 1.82) is 0 Å². The van der Waals surface area contributed by atoms with Gasteiger partial charge in [0.1, 0.15) is 0 Å². The van der Waals surface area contributed by atoms with Crippen LogP contribution >= 0.6 is 0 Å². The van der Waals surface area contributed by atoms with E-state index < -0.39 is 0 Å². The quantitative estimate of drug-likeness (QED) is 0.797. The summed E-state index contributed by atoms with van der Waals surface area (Å²) in [5.41, 5.74) is 5.34. The van der Waals surface area contributed by atoms with E-state index in [4.69, 9.17) is 0 Å². The predicted molar refractivity (Wildman–Crippen MR) is 86.1 cm³/mol. The van der Waals surface area contributed by atoms with Crippen LogP contribution in [-0.4, -0.2) is 12.5 Å². The van der Waals surface area contributed by atoms with Gasteiger partial charge in [0.2, 0.25) is 5.91 Å². The van der Waals surface area contributed by atoms with E-state index in [-0.39, 0.29) is 5.91 Å². The van der Waals surface area contributed by atoms with Gasteiger partial charge in [0.25, 0.3) is 0 Å². The minimum absolute atomic E-state index is 0.188. The molecule has 0 aliphatic heterocycles. The molecule has 1 rings (SSSR count). The number of aryl methyl sites for hydroxylation is 3. The van der Waals surface area contributed by atoms with E-state index in [2.05, 4.69) is 52.1 Å². The lowest BCUT2D eigenvalue weighted by Crippen LogP contribution is -2.27. The van der Waals surface area contributed by atoms with Crippen LogP contribution in [0.2, 0.25) is 0 Å². The molecule has 20 heavy (non-hydrogen) atoms. The van der Waals surface area contributed by atoms with Gasteiger partial charge in [0.15, 0.2) is 0 Å². The van der Waals surface area contributed by atoms with Crippen LogP contribution < -0.4 is 5.32 Å². The monoisotopic (exact) mass is 275 g/mol. The zero-order valence-corrected chi connectivity index (χ0v) is 13.7. The van der Waals surface area contributed by atoms with Crippen molar-refractivity contribution in [2.45, 2.75) is 60.3 Å². The van der Waals surface area contributed by atoms with Crippen LogP contribution in [0.1, 0.15) is 55.4 Å². The van der Waals surface area contributed by atoms with E-state index in [0.29, 0.717) is 12.3 Å². The highest BCUT2D eigenvalue weighted by molar-refractivity contribution is 5.76. The first kappa shape index (κ1) is 16.7. The van der Waals surface area contributed by atoms with Crippen molar-refractivity contribution in [2.24, 2.45) is 5.92 Å². The molecule has 0 aromatic heterocycles. The largest absolute Gasteiger partial charge is 0.356 e. The summed E-state index contributed by atoms with van der Waals surface area (Å²) in [6.07, 6.45) is 3.85. The number of carbonyl (C=O) groups is 1. The SMILES string of the molecule is CCCC(C)CC(=O)NCCc1c(C)cc(C)cc1C. The third kappa shape index (κ3) is 5.36. The maximum absolute atomic E-state index is 11.8. The number of rotatable bonds is 7. The van der Waals surface area contributed by atoms with Crippen LogP contribution in [0.15, 0.2) is 12.1 Å². The van der Waals surface area contributed by atoms with Gasteiger partial charge in [0, 0.05) is 13.0 Å². The lowest BCUT2D eigenvalue weighted by atomic mass is 9.97. The van der Waals surface area contributed by atoms with Crippen LogP contribution in [-0.2, 0) is 11.2 Å². The van der Waals surface area contributed by atoms with Gasteiger partial charge >= 0.3 is 0 Å². The van der Waals surface area contributed by atoms with Crippen molar-refractivity contribution in [1.82, 2.24) is 5.32 Å². The average Bonchev–Trinajstić information content (AvgIpc) is 2.32. The van der Waals surface area contributed by atoms with Crippen molar-refractivity contribution in [2.75, 3.05) is 6.54 Å². The smallest absolute Gasteiger partial charge is 0.220 e. The molecule has 1 atom stereocenters. The van der Waals surface area contributed by atoms with Crippen LogP contribution in [0.3, 0.4) is 0 Å². The number of amides is 1. The first-order chi connectivity index (χ1) is 9.43. The minimum atomic E-state index is 0.188. The molecule has 0 fully saturated rings. The third-order valence-corrected chi connectivity index (χ3v) is 3.85. The fraction of sp³-hybridized carbons (Fsp3) is 0.611. The third-order valence-electron chi connectivity index (χ3n) is 3.85. The highest BCUT2D eigenvalue weighted by atomic mass is 16.1. The van der Waals surface area contributed by atoms with Gasteiger partial charge in [0.05, 0.1) is 0 Å². The van der Waals surface area contributed by atoms with E-state index >= 15 is 0 Å².